The van der Waals surface area contributed by atoms with E-state index in [1.54, 1.807) is 17.6 Å². The lowest BCUT2D eigenvalue weighted by atomic mass is 10.2. The molecule has 0 aliphatic rings. The maximum absolute atomic E-state index is 12.0. The largest absolute Gasteiger partial charge is 0.329 e. The van der Waals surface area contributed by atoms with Crippen molar-refractivity contribution in [2.45, 2.75) is 0 Å². The number of carbonyl (C=O) groups is 1. The highest BCUT2D eigenvalue weighted by Gasteiger charge is 2.07. The minimum absolute atomic E-state index is 0.300. The lowest BCUT2D eigenvalue weighted by Crippen LogP contribution is -2.15. The van der Waals surface area contributed by atoms with E-state index >= 15 is 0 Å². The van der Waals surface area contributed by atoms with Crippen molar-refractivity contribution >= 4 is 33.1 Å². The van der Waals surface area contributed by atoms with Gasteiger partial charge in [0.15, 0.2) is 0 Å². The van der Waals surface area contributed by atoms with Crippen molar-refractivity contribution in [2.24, 2.45) is 0 Å². The molecule has 0 aliphatic heterocycles. The highest BCUT2D eigenvalue weighted by atomic mass is 32.1. The molecule has 0 radical (unpaired) electrons. The summed E-state index contributed by atoms with van der Waals surface area (Å²) in [6.45, 7) is 0. The molecule has 6 heteroatoms. The molecule has 94 valence electrons. The first-order valence-electron chi connectivity index (χ1n) is 5.56. The van der Waals surface area contributed by atoms with Crippen LogP contribution >= 0.6 is 11.3 Å². The third-order valence-electron chi connectivity index (χ3n) is 2.63. The molecule has 0 saturated heterocycles. The van der Waals surface area contributed by atoms with Crippen LogP contribution in [0, 0.1) is 0 Å². The second-order valence-corrected chi connectivity index (χ2v) is 4.82. The number of amides is 1. The molecule has 0 aliphatic carbocycles. The zero-order valence-corrected chi connectivity index (χ0v) is 10.5. The number of pyridine rings is 1. The summed E-state index contributed by atoms with van der Waals surface area (Å²) in [4.78, 5) is 29.7. The number of H-pyrrole nitrogens is 1. The maximum atomic E-state index is 12.0. The lowest BCUT2D eigenvalue weighted by Gasteiger charge is -2.04. The van der Waals surface area contributed by atoms with E-state index in [4.69, 9.17) is 0 Å². The predicted octanol–water partition coefficient (Wildman–Crippen LogP) is 2.24. The Kier molecular flexibility index (Phi) is 2.85. The van der Waals surface area contributed by atoms with Crippen molar-refractivity contribution in [1.29, 1.82) is 0 Å². The Balaban J connectivity index is 1.88. The van der Waals surface area contributed by atoms with Gasteiger partial charge in [0.25, 0.3) is 5.91 Å². The molecule has 19 heavy (non-hydrogen) atoms. The van der Waals surface area contributed by atoms with Gasteiger partial charge in [0.05, 0.1) is 15.7 Å². The summed E-state index contributed by atoms with van der Waals surface area (Å²) < 4.78 is 1.00. The molecule has 3 rings (SSSR count). The van der Waals surface area contributed by atoms with Crippen LogP contribution in [0.1, 0.15) is 10.4 Å². The average Bonchev–Trinajstić information content (AvgIpc) is 2.86. The SMILES string of the molecule is O=C(Nc1ccc2ncsc2c1)c1cc[nH]c(=O)c1. The Bertz CT molecular complexity index is 807. The number of thiazole rings is 1. The van der Waals surface area contributed by atoms with Gasteiger partial charge in [0.1, 0.15) is 0 Å². The van der Waals surface area contributed by atoms with E-state index < -0.39 is 0 Å². The normalized spacial score (nSPS) is 10.5. The summed E-state index contributed by atoms with van der Waals surface area (Å²) >= 11 is 1.51. The Morgan fingerprint density at radius 3 is 3.00 bits per heavy atom. The number of rotatable bonds is 2. The van der Waals surface area contributed by atoms with Gasteiger partial charge < -0.3 is 10.3 Å². The number of benzene rings is 1. The fourth-order valence-electron chi connectivity index (χ4n) is 1.72. The minimum Gasteiger partial charge on any atom is -0.329 e. The van der Waals surface area contributed by atoms with E-state index in [1.807, 2.05) is 12.1 Å². The Morgan fingerprint density at radius 1 is 1.26 bits per heavy atom. The molecule has 0 fully saturated rings. The molecule has 1 amide bonds. The third-order valence-corrected chi connectivity index (χ3v) is 3.42. The van der Waals surface area contributed by atoms with Gasteiger partial charge in [-0.3, -0.25) is 9.59 Å². The van der Waals surface area contributed by atoms with Gasteiger partial charge in [-0.1, -0.05) is 0 Å². The summed E-state index contributed by atoms with van der Waals surface area (Å²) in [7, 11) is 0. The van der Waals surface area contributed by atoms with Crippen LogP contribution in [-0.4, -0.2) is 15.9 Å². The Hall–Kier alpha value is -2.47. The Labute approximate surface area is 111 Å². The van der Waals surface area contributed by atoms with Crippen molar-refractivity contribution in [1.82, 2.24) is 9.97 Å². The van der Waals surface area contributed by atoms with Crippen molar-refractivity contribution in [3.63, 3.8) is 0 Å². The van der Waals surface area contributed by atoms with Crippen molar-refractivity contribution in [2.75, 3.05) is 5.32 Å². The van der Waals surface area contributed by atoms with Crippen LogP contribution in [0.4, 0.5) is 5.69 Å². The third kappa shape index (κ3) is 2.38. The average molecular weight is 271 g/mol. The number of nitrogens with one attached hydrogen (secondary N) is 2. The van der Waals surface area contributed by atoms with Gasteiger partial charge in [-0.05, 0) is 24.3 Å². The van der Waals surface area contributed by atoms with E-state index in [9.17, 15) is 9.59 Å². The topological polar surface area (TPSA) is 74.8 Å². The highest BCUT2D eigenvalue weighted by Crippen LogP contribution is 2.22. The van der Waals surface area contributed by atoms with Gasteiger partial charge >= 0.3 is 0 Å². The lowest BCUT2D eigenvalue weighted by molar-refractivity contribution is 0.102. The second-order valence-electron chi connectivity index (χ2n) is 3.93. The zero-order valence-electron chi connectivity index (χ0n) is 9.71. The van der Waals surface area contributed by atoms with E-state index in [-0.39, 0.29) is 11.5 Å². The number of aromatic amines is 1. The smallest absolute Gasteiger partial charge is 0.255 e. The van der Waals surface area contributed by atoms with Gasteiger partial charge in [-0.25, -0.2) is 4.98 Å². The van der Waals surface area contributed by atoms with Crippen molar-refractivity contribution in [3.8, 4) is 0 Å². The summed E-state index contributed by atoms with van der Waals surface area (Å²) in [5, 5.41) is 2.75. The number of hydrogen-bond acceptors (Lipinski definition) is 4. The van der Waals surface area contributed by atoms with E-state index in [1.165, 1.54) is 23.6 Å². The summed E-state index contributed by atoms with van der Waals surface area (Å²) in [6.07, 6.45) is 1.45. The number of aromatic nitrogens is 2. The molecule has 0 saturated carbocycles. The number of hydrogen-bond donors (Lipinski definition) is 2. The van der Waals surface area contributed by atoms with Crippen LogP contribution in [0.5, 0.6) is 0 Å². The predicted molar refractivity (Wildman–Crippen MR) is 74.6 cm³/mol. The van der Waals surface area contributed by atoms with Gasteiger partial charge in [-0.15, -0.1) is 11.3 Å². The van der Waals surface area contributed by atoms with Crippen molar-refractivity contribution < 1.29 is 4.79 Å². The zero-order chi connectivity index (χ0) is 13.2. The number of anilines is 1. The molecular formula is C13H9N3O2S. The van der Waals surface area contributed by atoms with Crippen LogP contribution in [0.15, 0.2) is 46.8 Å². The molecule has 0 bridgehead atoms. The van der Waals surface area contributed by atoms with Gasteiger partial charge in [-0.2, -0.15) is 0 Å². The first-order chi connectivity index (χ1) is 9.22. The second kappa shape index (κ2) is 4.66. The molecule has 0 unspecified atom stereocenters. The first-order valence-corrected chi connectivity index (χ1v) is 6.44. The summed E-state index contributed by atoms with van der Waals surface area (Å²) in [5.41, 5.74) is 3.37. The van der Waals surface area contributed by atoms with E-state index in [0.29, 0.717) is 11.3 Å². The maximum Gasteiger partial charge on any atom is 0.255 e. The molecule has 0 atom stereocenters. The quantitative estimate of drug-likeness (QED) is 0.750. The summed E-state index contributed by atoms with van der Waals surface area (Å²) in [5.74, 6) is -0.310. The molecule has 2 aromatic heterocycles. The monoisotopic (exact) mass is 271 g/mol. The molecule has 2 N–H and O–H groups in total. The van der Waals surface area contributed by atoms with Crippen LogP contribution < -0.4 is 10.9 Å². The number of carbonyl (C=O) groups excluding carboxylic acids is 1. The van der Waals surface area contributed by atoms with Crippen LogP contribution in [0.25, 0.3) is 10.2 Å². The van der Waals surface area contributed by atoms with Gasteiger partial charge in [0.2, 0.25) is 5.56 Å². The molecule has 0 spiro atoms. The molecule has 2 heterocycles. The molecule has 5 nitrogen and oxygen atoms in total. The fourth-order valence-corrected chi connectivity index (χ4v) is 2.44. The Morgan fingerprint density at radius 2 is 2.16 bits per heavy atom. The van der Waals surface area contributed by atoms with E-state index in [0.717, 1.165) is 10.2 Å². The van der Waals surface area contributed by atoms with Crippen LogP contribution in [0.2, 0.25) is 0 Å². The fraction of sp³-hybridized carbons (Fsp3) is 0. The van der Waals surface area contributed by atoms with Crippen molar-refractivity contribution in [3.05, 3.63) is 58.0 Å². The molecule has 3 aromatic rings. The van der Waals surface area contributed by atoms with Gasteiger partial charge in [0, 0.05) is 23.5 Å². The molecule has 1 aromatic carbocycles. The standard InChI is InChI=1S/C13H9N3O2S/c17-12-5-8(3-4-14-12)13(18)16-9-1-2-10-11(6-9)19-7-15-10/h1-7H,(H,14,17)(H,16,18). The highest BCUT2D eigenvalue weighted by molar-refractivity contribution is 7.16. The first kappa shape index (κ1) is 11.6. The minimum atomic E-state index is -0.310. The van der Waals surface area contributed by atoms with Crippen LogP contribution in [-0.2, 0) is 0 Å². The number of fused-ring (bicyclic) bond motifs is 1. The van der Waals surface area contributed by atoms with Crippen LogP contribution in [0.3, 0.4) is 0 Å². The molecular weight excluding hydrogens is 262 g/mol. The number of nitrogens with zero attached hydrogens (tertiary/aromatic N) is 1. The summed E-state index contributed by atoms with van der Waals surface area (Å²) in [6, 6.07) is 8.31. The van der Waals surface area contributed by atoms with E-state index in [2.05, 4.69) is 15.3 Å².